The van der Waals surface area contributed by atoms with Crippen LogP contribution in [0.5, 0.6) is 0 Å². The van der Waals surface area contributed by atoms with Crippen LogP contribution in [0.25, 0.3) is 0 Å². The number of hydrogen-bond acceptors (Lipinski definition) is 3. The Morgan fingerprint density at radius 1 is 1.50 bits per heavy atom. The molecule has 0 aromatic carbocycles. The highest BCUT2D eigenvalue weighted by atomic mass is 32.2. The molecule has 2 rings (SSSR count). The highest BCUT2D eigenvalue weighted by Gasteiger charge is 2.36. The van der Waals surface area contributed by atoms with Crippen LogP contribution in [0, 0.1) is 5.92 Å². The maximum atomic E-state index is 12.2. The van der Waals surface area contributed by atoms with E-state index in [1.165, 1.54) is 0 Å². The van der Waals surface area contributed by atoms with E-state index in [1.54, 1.807) is 0 Å². The average Bonchev–Trinajstić information content (AvgIpc) is 2.68. The summed E-state index contributed by atoms with van der Waals surface area (Å²) in [6.45, 7) is 5.59. The smallest absolute Gasteiger partial charge is 0.228 e. The first-order valence-corrected chi connectivity index (χ1v) is 6.83. The van der Waals surface area contributed by atoms with Crippen LogP contribution in [0.4, 0.5) is 0 Å². The first-order valence-electron chi connectivity index (χ1n) is 5.78. The minimum atomic E-state index is -0.134. The van der Waals surface area contributed by atoms with Crippen LogP contribution in [0.15, 0.2) is 0 Å². The zero-order valence-electron chi connectivity index (χ0n) is 9.73. The van der Waals surface area contributed by atoms with E-state index >= 15 is 0 Å². The second-order valence-corrected chi connectivity index (χ2v) is 6.04. The quantitative estimate of drug-likeness (QED) is 0.727. The van der Waals surface area contributed by atoms with Gasteiger partial charge in [-0.1, -0.05) is 6.92 Å². The standard InChI is InChI=1S/C11H18N2O2S/c1-7-8(2)16-4-3-13(7)11(15)9-5-10(14)12-6-9/h7-9H,3-6H2,1-2H3,(H,12,14). The molecule has 2 amide bonds. The molecule has 0 bridgehead atoms. The van der Waals surface area contributed by atoms with Crippen LogP contribution in [-0.2, 0) is 9.59 Å². The Morgan fingerprint density at radius 2 is 2.25 bits per heavy atom. The lowest BCUT2D eigenvalue weighted by Crippen LogP contribution is -2.50. The minimum absolute atomic E-state index is 0.00503. The third-order valence-electron chi connectivity index (χ3n) is 3.49. The number of carbonyl (C=O) groups is 2. The van der Waals surface area contributed by atoms with Gasteiger partial charge in [0, 0.05) is 36.6 Å². The van der Waals surface area contributed by atoms with Crippen LogP contribution in [0.3, 0.4) is 0 Å². The summed E-state index contributed by atoms with van der Waals surface area (Å²) in [4.78, 5) is 25.3. The van der Waals surface area contributed by atoms with Crippen LogP contribution in [-0.4, -0.2) is 46.8 Å². The molecule has 5 heteroatoms. The third kappa shape index (κ3) is 2.19. The molecule has 2 fully saturated rings. The van der Waals surface area contributed by atoms with Crippen LogP contribution in [0.2, 0.25) is 0 Å². The lowest BCUT2D eigenvalue weighted by Gasteiger charge is -2.38. The van der Waals surface area contributed by atoms with Gasteiger partial charge in [0.25, 0.3) is 0 Å². The zero-order chi connectivity index (χ0) is 11.7. The summed E-state index contributed by atoms with van der Waals surface area (Å²) in [5.41, 5.74) is 0. The fourth-order valence-corrected chi connectivity index (χ4v) is 3.36. The van der Waals surface area contributed by atoms with E-state index in [9.17, 15) is 9.59 Å². The van der Waals surface area contributed by atoms with E-state index < -0.39 is 0 Å². The first kappa shape index (κ1) is 11.8. The van der Waals surface area contributed by atoms with Crippen molar-refractivity contribution in [3.05, 3.63) is 0 Å². The van der Waals surface area contributed by atoms with Gasteiger partial charge in [0.15, 0.2) is 0 Å². The van der Waals surface area contributed by atoms with Gasteiger partial charge in [-0.05, 0) is 6.92 Å². The van der Waals surface area contributed by atoms with Crippen molar-refractivity contribution in [2.24, 2.45) is 5.92 Å². The van der Waals surface area contributed by atoms with Crippen molar-refractivity contribution in [1.82, 2.24) is 10.2 Å². The predicted octanol–water partition coefficient (Wildman–Crippen LogP) is 0.475. The SMILES string of the molecule is CC1SCCN(C(=O)C2CNC(=O)C2)C1C. The Bertz CT molecular complexity index is 308. The van der Waals surface area contributed by atoms with Gasteiger partial charge >= 0.3 is 0 Å². The molecule has 3 atom stereocenters. The summed E-state index contributed by atoms with van der Waals surface area (Å²) < 4.78 is 0. The lowest BCUT2D eigenvalue weighted by atomic mass is 10.1. The molecule has 4 nitrogen and oxygen atoms in total. The summed E-state index contributed by atoms with van der Waals surface area (Å²) in [5, 5.41) is 3.21. The molecule has 1 N–H and O–H groups in total. The van der Waals surface area contributed by atoms with E-state index in [0.717, 1.165) is 12.3 Å². The topological polar surface area (TPSA) is 49.4 Å². The summed E-state index contributed by atoms with van der Waals surface area (Å²) in [7, 11) is 0. The van der Waals surface area contributed by atoms with Crippen molar-refractivity contribution in [2.75, 3.05) is 18.8 Å². The molecular weight excluding hydrogens is 224 g/mol. The Kier molecular flexibility index (Phi) is 3.42. The first-order chi connectivity index (χ1) is 7.59. The number of amides is 2. The van der Waals surface area contributed by atoms with Crippen LogP contribution in [0.1, 0.15) is 20.3 Å². The average molecular weight is 242 g/mol. The van der Waals surface area contributed by atoms with Crippen molar-refractivity contribution >= 4 is 23.6 Å². The highest BCUT2D eigenvalue weighted by Crippen LogP contribution is 2.26. The molecule has 2 heterocycles. The van der Waals surface area contributed by atoms with E-state index in [0.29, 0.717) is 18.2 Å². The predicted molar refractivity (Wildman–Crippen MR) is 64.2 cm³/mol. The molecule has 0 aromatic rings. The summed E-state index contributed by atoms with van der Waals surface area (Å²) in [6, 6.07) is 0.280. The van der Waals surface area contributed by atoms with Gasteiger partial charge in [0.2, 0.25) is 11.8 Å². The van der Waals surface area contributed by atoms with Crippen molar-refractivity contribution < 1.29 is 9.59 Å². The van der Waals surface area contributed by atoms with Crippen LogP contribution < -0.4 is 5.32 Å². The number of nitrogens with zero attached hydrogens (tertiary/aromatic N) is 1. The Hall–Kier alpha value is -0.710. The Labute approximate surface area is 100 Å². The zero-order valence-corrected chi connectivity index (χ0v) is 10.5. The number of carbonyl (C=O) groups excluding carboxylic acids is 2. The summed E-state index contributed by atoms with van der Waals surface area (Å²) in [5.74, 6) is 1.03. The van der Waals surface area contributed by atoms with E-state index in [1.807, 2.05) is 16.7 Å². The second-order valence-electron chi connectivity index (χ2n) is 4.55. The molecule has 0 saturated carbocycles. The normalized spacial score (nSPS) is 35.0. The molecule has 2 saturated heterocycles. The van der Waals surface area contributed by atoms with Gasteiger partial charge in [0.05, 0.1) is 5.92 Å². The fourth-order valence-electron chi connectivity index (χ4n) is 2.26. The van der Waals surface area contributed by atoms with Gasteiger partial charge in [-0.25, -0.2) is 0 Å². The number of rotatable bonds is 1. The molecule has 2 aliphatic heterocycles. The van der Waals surface area contributed by atoms with Gasteiger partial charge < -0.3 is 10.2 Å². The maximum absolute atomic E-state index is 12.2. The van der Waals surface area contributed by atoms with Gasteiger partial charge in [-0.15, -0.1) is 0 Å². The van der Waals surface area contributed by atoms with Gasteiger partial charge in [0.1, 0.15) is 0 Å². The van der Waals surface area contributed by atoms with Crippen molar-refractivity contribution in [1.29, 1.82) is 0 Å². The second kappa shape index (κ2) is 4.65. The molecule has 0 radical (unpaired) electrons. The Balaban J connectivity index is 2.00. The summed E-state index contributed by atoms with van der Waals surface area (Å²) in [6.07, 6.45) is 0.365. The van der Waals surface area contributed by atoms with Gasteiger partial charge in [-0.3, -0.25) is 9.59 Å². The number of hydrogen-bond donors (Lipinski definition) is 1. The fraction of sp³-hybridized carbons (Fsp3) is 0.818. The lowest BCUT2D eigenvalue weighted by molar-refractivity contribution is -0.137. The molecule has 90 valence electrons. The van der Waals surface area contributed by atoms with E-state index in [4.69, 9.17) is 0 Å². The van der Waals surface area contributed by atoms with Crippen LogP contribution >= 0.6 is 11.8 Å². The number of thioether (sulfide) groups is 1. The molecular formula is C11H18N2O2S. The maximum Gasteiger partial charge on any atom is 0.228 e. The van der Waals surface area contributed by atoms with Crippen molar-refractivity contribution in [3.63, 3.8) is 0 Å². The van der Waals surface area contributed by atoms with E-state index in [2.05, 4.69) is 19.2 Å². The molecule has 0 aromatic heterocycles. The van der Waals surface area contributed by atoms with E-state index in [-0.39, 0.29) is 23.8 Å². The molecule has 16 heavy (non-hydrogen) atoms. The monoisotopic (exact) mass is 242 g/mol. The molecule has 2 aliphatic rings. The Morgan fingerprint density at radius 3 is 2.88 bits per heavy atom. The third-order valence-corrected chi connectivity index (χ3v) is 4.83. The molecule has 0 aliphatic carbocycles. The molecule has 0 spiro atoms. The van der Waals surface area contributed by atoms with Gasteiger partial charge in [-0.2, -0.15) is 11.8 Å². The van der Waals surface area contributed by atoms with Crippen molar-refractivity contribution in [3.8, 4) is 0 Å². The summed E-state index contributed by atoms with van der Waals surface area (Å²) >= 11 is 1.91. The highest BCUT2D eigenvalue weighted by molar-refractivity contribution is 8.00. The number of nitrogens with one attached hydrogen (secondary N) is 1. The largest absolute Gasteiger partial charge is 0.355 e. The molecule has 3 unspecified atom stereocenters. The van der Waals surface area contributed by atoms with Crippen molar-refractivity contribution in [2.45, 2.75) is 31.6 Å². The minimum Gasteiger partial charge on any atom is -0.355 e.